The van der Waals surface area contributed by atoms with Gasteiger partial charge < -0.3 is 10.4 Å². The van der Waals surface area contributed by atoms with Crippen LogP contribution in [-0.2, 0) is 0 Å². The van der Waals surface area contributed by atoms with Crippen molar-refractivity contribution in [3.8, 4) is 11.8 Å². The van der Waals surface area contributed by atoms with Gasteiger partial charge in [-0.1, -0.05) is 29.9 Å². The number of rotatable bonds is 7. The highest BCUT2D eigenvalue weighted by Crippen LogP contribution is 2.17. The number of aliphatic hydroxyl groups excluding tert-OH is 1. The summed E-state index contributed by atoms with van der Waals surface area (Å²) in [4.78, 5) is 12.0. The molecule has 0 spiro atoms. The molecule has 21 heavy (non-hydrogen) atoms. The van der Waals surface area contributed by atoms with Gasteiger partial charge >= 0.3 is 0 Å². The molecule has 1 aromatic carbocycles. The van der Waals surface area contributed by atoms with Crippen molar-refractivity contribution in [3.63, 3.8) is 0 Å². The highest BCUT2D eigenvalue weighted by molar-refractivity contribution is 7.98. The molecule has 0 aliphatic heterocycles. The largest absolute Gasteiger partial charge is 0.384 e. The Labute approximate surface area is 135 Å². The third-order valence-electron chi connectivity index (χ3n) is 2.84. The summed E-state index contributed by atoms with van der Waals surface area (Å²) in [6.07, 6.45) is 5.39. The van der Waals surface area contributed by atoms with Crippen molar-refractivity contribution in [1.82, 2.24) is 5.32 Å². The maximum absolute atomic E-state index is 12.0. The minimum atomic E-state index is -0.213. The number of aliphatic hydroxyl groups is 1. The fourth-order valence-corrected chi connectivity index (χ4v) is 2.47. The zero-order valence-electron chi connectivity index (χ0n) is 12.1. The number of benzene rings is 1. The Morgan fingerprint density at radius 1 is 1.38 bits per heavy atom. The number of amides is 1. The molecule has 0 aromatic heterocycles. The summed E-state index contributed by atoms with van der Waals surface area (Å²) in [6.45, 7) is 0.464. The molecule has 0 aliphatic rings. The zero-order chi connectivity index (χ0) is 15.5. The molecule has 0 fully saturated rings. The van der Waals surface area contributed by atoms with Crippen LogP contribution in [0.1, 0.15) is 35.2 Å². The predicted octanol–water partition coefficient (Wildman–Crippen LogP) is 2.95. The Bertz CT molecular complexity index is 523. The minimum Gasteiger partial charge on any atom is -0.384 e. The van der Waals surface area contributed by atoms with E-state index in [1.54, 1.807) is 18.2 Å². The number of thioether (sulfide) groups is 1. The molecule has 1 aromatic rings. The Kier molecular flexibility index (Phi) is 9.00. The van der Waals surface area contributed by atoms with E-state index in [2.05, 4.69) is 23.4 Å². The van der Waals surface area contributed by atoms with Gasteiger partial charge in [0.05, 0.1) is 5.02 Å². The van der Waals surface area contributed by atoms with E-state index in [0.29, 0.717) is 22.7 Å². The summed E-state index contributed by atoms with van der Waals surface area (Å²) < 4.78 is 0. The average molecular weight is 326 g/mol. The monoisotopic (exact) mass is 325 g/mol. The highest BCUT2D eigenvalue weighted by Gasteiger charge is 2.07. The normalized spacial score (nSPS) is 9.86. The van der Waals surface area contributed by atoms with Gasteiger partial charge in [0, 0.05) is 17.7 Å². The second-order valence-electron chi connectivity index (χ2n) is 4.46. The Morgan fingerprint density at radius 2 is 2.19 bits per heavy atom. The van der Waals surface area contributed by atoms with Crippen molar-refractivity contribution in [2.45, 2.75) is 19.3 Å². The van der Waals surface area contributed by atoms with E-state index in [9.17, 15) is 4.79 Å². The fraction of sp³-hybridized carbons (Fsp3) is 0.438. The van der Waals surface area contributed by atoms with E-state index in [0.717, 1.165) is 12.8 Å². The molecule has 5 heteroatoms. The lowest BCUT2D eigenvalue weighted by Gasteiger charge is -2.06. The molecule has 0 saturated carbocycles. The van der Waals surface area contributed by atoms with Gasteiger partial charge in [-0.2, -0.15) is 11.8 Å². The molecule has 0 radical (unpaired) electrons. The van der Waals surface area contributed by atoms with Gasteiger partial charge in [0.15, 0.2) is 0 Å². The second-order valence-corrected chi connectivity index (χ2v) is 5.86. The van der Waals surface area contributed by atoms with Gasteiger partial charge in [-0.15, -0.1) is 0 Å². The van der Waals surface area contributed by atoms with Crippen LogP contribution in [0.4, 0.5) is 0 Å². The van der Waals surface area contributed by atoms with Gasteiger partial charge in [-0.05, 0) is 43.0 Å². The molecule has 3 nitrogen and oxygen atoms in total. The summed E-state index contributed by atoms with van der Waals surface area (Å²) in [5.41, 5.74) is 1.14. The lowest BCUT2D eigenvalue weighted by molar-refractivity contribution is 0.0953. The topological polar surface area (TPSA) is 49.3 Å². The third-order valence-corrected chi connectivity index (χ3v) is 3.85. The molecule has 0 unspecified atom stereocenters. The molecule has 0 bridgehead atoms. The molecule has 1 amide bonds. The van der Waals surface area contributed by atoms with Gasteiger partial charge in [0.2, 0.25) is 0 Å². The zero-order valence-corrected chi connectivity index (χ0v) is 13.7. The number of halogens is 1. The third kappa shape index (κ3) is 6.90. The molecular formula is C16H20ClNO2S. The van der Waals surface area contributed by atoms with Crippen LogP contribution in [0, 0.1) is 11.8 Å². The lowest BCUT2D eigenvalue weighted by Crippen LogP contribution is -2.24. The second kappa shape index (κ2) is 10.6. The van der Waals surface area contributed by atoms with Gasteiger partial charge in [-0.25, -0.2) is 0 Å². The van der Waals surface area contributed by atoms with E-state index in [1.165, 1.54) is 12.2 Å². The first-order valence-corrected chi connectivity index (χ1v) is 8.62. The van der Waals surface area contributed by atoms with Crippen molar-refractivity contribution in [2.75, 3.05) is 25.2 Å². The van der Waals surface area contributed by atoms with E-state index >= 15 is 0 Å². The van der Waals surface area contributed by atoms with Gasteiger partial charge in [-0.3, -0.25) is 4.79 Å². The quantitative estimate of drug-likeness (QED) is 0.598. The summed E-state index contributed by atoms with van der Waals surface area (Å²) in [6, 6.07) is 4.99. The van der Waals surface area contributed by atoms with Crippen molar-refractivity contribution < 1.29 is 9.90 Å². The van der Waals surface area contributed by atoms with Crippen LogP contribution in [0.5, 0.6) is 0 Å². The fourth-order valence-electron chi connectivity index (χ4n) is 1.74. The first-order chi connectivity index (χ1) is 10.2. The van der Waals surface area contributed by atoms with E-state index in [4.69, 9.17) is 16.7 Å². The molecule has 0 atom stereocenters. The molecule has 1 rings (SSSR count). The number of nitrogens with one attached hydrogen (secondary N) is 1. The van der Waals surface area contributed by atoms with Crippen LogP contribution in [0.2, 0.25) is 5.02 Å². The highest BCUT2D eigenvalue weighted by atomic mass is 35.5. The van der Waals surface area contributed by atoms with Crippen molar-refractivity contribution in [3.05, 3.63) is 34.3 Å². The number of carbonyl (C=O) groups is 1. The molecule has 0 heterocycles. The Morgan fingerprint density at radius 3 is 2.86 bits per heavy atom. The van der Waals surface area contributed by atoms with Gasteiger partial charge in [0.1, 0.15) is 6.61 Å². The Hall–Kier alpha value is -1.15. The molecule has 0 saturated heterocycles. The average Bonchev–Trinajstić information content (AvgIpc) is 2.49. The molecule has 2 N–H and O–H groups in total. The van der Waals surface area contributed by atoms with E-state index in [-0.39, 0.29) is 12.5 Å². The van der Waals surface area contributed by atoms with Crippen molar-refractivity contribution in [1.29, 1.82) is 0 Å². The van der Waals surface area contributed by atoms with Crippen LogP contribution >= 0.6 is 23.4 Å². The lowest BCUT2D eigenvalue weighted by atomic mass is 10.1. The number of unbranched alkanes of at least 4 members (excludes halogenated alkanes) is 2. The summed E-state index contributed by atoms with van der Waals surface area (Å²) >= 11 is 7.90. The van der Waals surface area contributed by atoms with Crippen LogP contribution in [0.25, 0.3) is 0 Å². The first-order valence-electron chi connectivity index (χ1n) is 6.85. The van der Waals surface area contributed by atoms with Crippen LogP contribution in [0.3, 0.4) is 0 Å². The maximum atomic E-state index is 12.0. The van der Waals surface area contributed by atoms with Gasteiger partial charge in [0.25, 0.3) is 5.91 Å². The predicted molar refractivity (Wildman–Crippen MR) is 90.0 cm³/mol. The standard InChI is InChI=1S/C16H20ClNO2S/c1-21-11-4-2-3-9-18-16(20)14-8-7-13(6-5-10-19)15(17)12-14/h7-8,12,19H,2-4,9-11H2,1H3,(H,18,20). The van der Waals surface area contributed by atoms with Crippen molar-refractivity contribution >= 4 is 29.3 Å². The first kappa shape index (κ1) is 17.9. The van der Waals surface area contributed by atoms with Crippen LogP contribution in [0.15, 0.2) is 18.2 Å². The SMILES string of the molecule is CSCCCCCNC(=O)c1ccc(C#CCO)c(Cl)c1. The number of carbonyl (C=O) groups excluding carboxylic acids is 1. The molecule has 0 aliphatic carbocycles. The number of hydrogen-bond acceptors (Lipinski definition) is 3. The maximum Gasteiger partial charge on any atom is 0.251 e. The Balaban J connectivity index is 2.46. The summed E-state index contributed by atoms with van der Waals surface area (Å²) in [5.74, 6) is 6.31. The smallest absolute Gasteiger partial charge is 0.251 e. The van der Waals surface area contributed by atoms with Crippen LogP contribution < -0.4 is 5.32 Å². The van der Waals surface area contributed by atoms with E-state index in [1.807, 2.05) is 11.8 Å². The number of hydrogen-bond donors (Lipinski definition) is 2. The van der Waals surface area contributed by atoms with E-state index < -0.39 is 0 Å². The minimum absolute atomic E-state index is 0.122. The molecule has 114 valence electrons. The summed E-state index contributed by atoms with van der Waals surface area (Å²) in [5, 5.41) is 12.0. The summed E-state index contributed by atoms with van der Waals surface area (Å²) in [7, 11) is 0. The van der Waals surface area contributed by atoms with Crippen molar-refractivity contribution in [2.24, 2.45) is 0 Å². The van der Waals surface area contributed by atoms with Crippen LogP contribution in [-0.4, -0.2) is 36.2 Å². The molecular weight excluding hydrogens is 306 g/mol.